The van der Waals surface area contributed by atoms with E-state index < -0.39 is 8.32 Å². The molecule has 0 radical (unpaired) electrons. The van der Waals surface area contributed by atoms with Gasteiger partial charge in [0.1, 0.15) is 5.75 Å². The first-order valence-corrected chi connectivity index (χ1v) is 17.3. The molecule has 1 N–H and O–H groups in total. The number of benzene rings is 2. The van der Waals surface area contributed by atoms with Gasteiger partial charge in [0.2, 0.25) is 8.32 Å². The Hall–Kier alpha value is -1.86. The Balaban J connectivity index is 1.48. The van der Waals surface area contributed by atoms with Crippen molar-refractivity contribution in [1.82, 2.24) is 4.90 Å². The molecule has 1 heterocycles. The van der Waals surface area contributed by atoms with Crippen molar-refractivity contribution < 1.29 is 19.1 Å². The van der Waals surface area contributed by atoms with Crippen LogP contribution in [0.15, 0.2) is 42.5 Å². The summed E-state index contributed by atoms with van der Waals surface area (Å²) in [4.78, 5) is 15.4. The second-order valence-electron chi connectivity index (χ2n) is 12.6. The largest absolute Gasteiger partial charge is 0.543 e. The number of piperidine rings is 1. The number of carbonyl (C=O) groups is 1. The first kappa shape index (κ1) is 29.1. The topological polar surface area (TPSA) is 59.0 Å². The molecule has 1 aliphatic heterocycles. The molecule has 0 saturated carbocycles. The third-order valence-electron chi connectivity index (χ3n) is 9.11. The molecule has 2 atom stereocenters. The quantitative estimate of drug-likeness (QED) is 0.301. The molecule has 0 amide bonds. The maximum absolute atomic E-state index is 13.1. The van der Waals surface area contributed by atoms with Crippen molar-refractivity contribution in [3.8, 4) is 5.75 Å². The number of aliphatic hydroxyl groups excluding tert-OH is 1. The smallest absolute Gasteiger partial charge is 0.310 e. The van der Waals surface area contributed by atoms with Crippen molar-refractivity contribution >= 4 is 25.9 Å². The molecular formula is C31H44ClNO4Si. The summed E-state index contributed by atoms with van der Waals surface area (Å²) in [5.74, 6) is 0.295. The molecule has 2 aromatic carbocycles. The minimum absolute atomic E-state index is 0.0826. The van der Waals surface area contributed by atoms with Gasteiger partial charge in [0, 0.05) is 17.0 Å². The van der Waals surface area contributed by atoms with Crippen molar-refractivity contribution in [3.05, 3.63) is 64.2 Å². The first-order chi connectivity index (χ1) is 17.9. The van der Waals surface area contributed by atoms with Crippen LogP contribution in [0.4, 0.5) is 0 Å². The lowest BCUT2D eigenvalue weighted by molar-refractivity contribution is -0.148. The van der Waals surface area contributed by atoms with E-state index in [1.54, 1.807) is 0 Å². The average molecular weight is 558 g/mol. The highest BCUT2D eigenvalue weighted by Gasteiger charge is 2.47. The average Bonchev–Trinajstić information content (AvgIpc) is 3.12. The number of likely N-dealkylation sites (tertiary alicyclic amines) is 1. The molecule has 2 unspecified atom stereocenters. The highest BCUT2D eigenvalue weighted by atomic mass is 35.5. The summed E-state index contributed by atoms with van der Waals surface area (Å²) in [7, 11) is -2.01. The zero-order valence-electron chi connectivity index (χ0n) is 23.9. The van der Waals surface area contributed by atoms with E-state index in [1.807, 2.05) is 25.1 Å². The fourth-order valence-electron chi connectivity index (χ4n) is 5.78. The molecule has 2 aliphatic rings. The van der Waals surface area contributed by atoms with Gasteiger partial charge in [-0.05, 0) is 98.7 Å². The lowest BCUT2D eigenvalue weighted by Gasteiger charge is -2.43. The summed E-state index contributed by atoms with van der Waals surface area (Å²) in [6, 6.07) is 14.3. The van der Waals surface area contributed by atoms with Crippen LogP contribution >= 0.6 is 11.6 Å². The fraction of sp³-hybridized carbons (Fsp3) is 0.581. The molecule has 0 aromatic heterocycles. The summed E-state index contributed by atoms with van der Waals surface area (Å²) >= 11 is 6.63. The fourth-order valence-corrected chi connectivity index (χ4v) is 7.00. The first-order valence-electron chi connectivity index (χ1n) is 14.0. The lowest BCUT2D eigenvalue weighted by Crippen LogP contribution is -2.49. The second-order valence-corrected chi connectivity index (χ2v) is 17.7. The summed E-state index contributed by atoms with van der Waals surface area (Å²) in [5.41, 5.74) is 3.31. The summed E-state index contributed by atoms with van der Waals surface area (Å²) in [5, 5.41) is 11.7. The molecule has 2 aromatic rings. The van der Waals surface area contributed by atoms with Crippen molar-refractivity contribution in [2.24, 2.45) is 5.92 Å². The van der Waals surface area contributed by atoms with Crippen LogP contribution < -0.4 is 4.43 Å². The van der Waals surface area contributed by atoms with E-state index in [-0.39, 0.29) is 28.4 Å². The number of fused-ring (bicyclic) bond motifs is 2. The number of nitrogens with zero attached hydrogens (tertiary/aromatic N) is 1. The molecule has 38 heavy (non-hydrogen) atoms. The van der Waals surface area contributed by atoms with E-state index in [2.05, 4.69) is 63.0 Å². The van der Waals surface area contributed by atoms with Crippen molar-refractivity contribution in [1.29, 1.82) is 0 Å². The Morgan fingerprint density at radius 3 is 2.53 bits per heavy atom. The molecule has 1 aliphatic carbocycles. The van der Waals surface area contributed by atoms with E-state index in [0.717, 1.165) is 43.7 Å². The number of halogens is 1. The van der Waals surface area contributed by atoms with Crippen LogP contribution in [-0.2, 0) is 27.8 Å². The normalized spacial score (nSPS) is 20.3. The highest BCUT2D eigenvalue weighted by molar-refractivity contribution is 6.74. The number of esters is 1. The van der Waals surface area contributed by atoms with Crippen LogP contribution in [0.2, 0.25) is 23.2 Å². The molecule has 1 saturated heterocycles. The molecule has 4 rings (SSSR count). The Morgan fingerprint density at radius 2 is 1.87 bits per heavy atom. The van der Waals surface area contributed by atoms with Gasteiger partial charge in [-0.2, -0.15) is 0 Å². The van der Waals surface area contributed by atoms with Crippen LogP contribution in [0.5, 0.6) is 5.75 Å². The van der Waals surface area contributed by atoms with Gasteiger partial charge >= 0.3 is 5.97 Å². The van der Waals surface area contributed by atoms with Gasteiger partial charge in [-0.15, -0.1) is 0 Å². The maximum atomic E-state index is 13.1. The molecular weight excluding hydrogens is 514 g/mol. The van der Waals surface area contributed by atoms with Crippen molar-refractivity contribution in [2.45, 2.75) is 83.0 Å². The van der Waals surface area contributed by atoms with E-state index in [9.17, 15) is 9.90 Å². The van der Waals surface area contributed by atoms with Gasteiger partial charge in [-0.3, -0.25) is 4.79 Å². The molecule has 1 fully saturated rings. The number of rotatable bonds is 8. The second kappa shape index (κ2) is 11.3. The molecule has 7 heteroatoms. The third-order valence-corrected chi connectivity index (χ3v) is 13.8. The van der Waals surface area contributed by atoms with Crippen LogP contribution in [-0.4, -0.2) is 56.6 Å². The van der Waals surface area contributed by atoms with Crippen LogP contribution in [0.25, 0.3) is 0 Å². The maximum Gasteiger partial charge on any atom is 0.310 e. The van der Waals surface area contributed by atoms with Gasteiger partial charge < -0.3 is 19.2 Å². The summed E-state index contributed by atoms with van der Waals surface area (Å²) < 4.78 is 12.0. The lowest BCUT2D eigenvalue weighted by atomic mass is 9.72. The van der Waals surface area contributed by atoms with Crippen LogP contribution in [0, 0.1) is 5.92 Å². The van der Waals surface area contributed by atoms with E-state index in [1.165, 1.54) is 11.1 Å². The van der Waals surface area contributed by atoms with Gasteiger partial charge in [-0.1, -0.05) is 56.6 Å². The van der Waals surface area contributed by atoms with Crippen molar-refractivity contribution in [2.75, 3.05) is 26.2 Å². The molecule has 1 spiro atoms. The predicted molar refractivity (Wildman–Crippen MR) is 157 cm³/mol. The van der Waals surface area contributed by atoms with Gasteiger partial charge in [0.25, 0.3) is 0 Å². The summed E-state index contributed by atoms with van der Waals surface area (Å²) in [6.07, 6.45) is 2.66. The number of aliphatic hydroxyl groups is 1. The number of ether oxygens (including phenoxy) is 1. The van der Waals surface area contributed by atoms with Gasteiger partial charge in [0.15, 0.2) is 0 Å². The minimum Gasteiger partial charge on any atom is -0.543 e. The Kier molecular flexibility index (Phi) is 8.68. The zero-order chi connectivity index (χ0) is 27.7. The third kappa shape index (κ3) is 5.99. The Bertz CT molecular complexity index is 1140. The Labute approximate surface area is 234 Å². The standard InChI is InChI=1S/C31H44ClNO4Si/c1-7-36-29(35)24(18-23-19-25(12-13-27(23)32)37-38(5,6)30(2,3)4)21-33-16-14-31(15-17-33)26-11-9-8-10-22(26)20-28(31)34/h8-13,19,24,28,34H,7,14-18,20-21H2,1-6H3. The SMILES string of the molecule is CCOC(=O)C(Cc1cc(O[Si](C)(C)C(C)(C)C)ccc1Cl)CN1CCC2(CC1)c1ccccc1CC2O. The van der Waals surface area contributed by atoms with E-state index in [0.29, 0.717) is 24.6 Å². The molecule has 208 valence electrons. The molecule has 5 nitrogen and oxygen atoms in total. The highest BCUT2D eigenvalue weighted by Crippen LogP contribution is 2.46. The van der Waals surface area contributed by atoms with Gasteiger partial charge in [-0.25, -0.2) is 0 Å². The van der Waals surface area contributed by atoms with Crippen molar-refractivity contribution in [3.63, 3.8) is 0 Å². The minimum atomic E-state index is -2.01. The number of hydrogen-bond acceptors (Lipinski definition) is 5. The number of carbonyl (C=O) groups excluding carboxylic acids is 1. The summed E-state index contributed by atoms with van der Waals surface area (Å²) in [6.45, 7) is 15.6. The van der Waals surface area contributed by atoms with E-state index in [4.69, 9.17) is 20.8 Å². The molecule has 0 bridgehead atoms. The number of hydrogen-bond donors (Lipinski definition) is 1. The van der Waals surface area contributed by atoms with E-state index >= 15 is 0 Å². The zero-order valence-corrected chi connectivity index (χ0v) is 25.6. The van der Waals surface area contributed by atoms with Gasteiger partial charge in [0.05, 0.1) is 18.6 Å². The predicted octanol–water partition coefficient (Wildman–Crippen LogP) is 6.40. The van der Waals surface area contributed by atoms with Crippen LogP contribution in [0.3, 0.4) is 0 Å². The monoisotopic (exact) mass is 557 g/mol. The van der Waals surface area contributed by atoms with Crippen LogP contribution in [0.1, 0.15) is 57.2 Å². The Morgan fingerprint density at radius 1 is 1.18 bits per heavy atom.